The van der Waals surface area contributed by atoms with Gasteiger partial charge < -0.3 is 12.8 Å². The Morgan fingerprint density at radius 1 is 0.880 bits per heavy atom. The van der Waals surface area contributed by atoms with Gasteiger partial charge in [-0.25, -0.2) is 0 Å². The Hall–Kier alpha value is 2.75. The maximum Gasteiger partial charge on any atom is 2.00 e. The van der Waals surface area contributed by atoms with Crippen molar-refractivity contribution in [3.8, 4) is 0 Å². The molecule has 0 saturated heterocycles. The van der Waals surface area contributed by atoms with Crippen LogP contribution >= 0.6 is 0 Å². The molecule has 5 atom stereocenters. The first-order valence-corrected chi connectivity index (χ1v) is 9.69. The van der Waals surface area contributed by atoms with E-state index in [0.717, 1.165) is 35.5 Å². The third-order valence-corrected chi connectivity index (χ3v) is 6.04. The Bertz CT molecular complexity index is 278. The Morgan fingerprint density at radius 2 is 1.48 bits per heavy atom. The summed E-state index contributed by atoms with van der Waals surface area (Å²) in [7, 11) is 0. The second kappa shape index (κ2) is 17.6. The van der Waals surface area contributed by atoms with E-state index in [4.69, 9.17) is 0 Å². The zero-order valence-electron chi connectivity index (χ0n) is 16.6. The molecule has 4 saturated carbocycles. The van der Waals surface area contributed by atoms with Gasteiger partial charge in [0.05, 0.1) is 0 Å². The topological polar surface area (TPSA) is 0 Å². The third kappa shape index (κ3) is 11.5. The van der Waals surface area contributed by atoms with Crippen LogP contribution < -0.4 is 0 Å². The van der Waals surface area contributed by atoms with Crippen LogP contribution in [0, 0.1) is 48.3 Å². The number of hydrogen-bond acceptors (Lipinski definition) is 0. The fourth-order valence-corrected chi connectivity index (χ4v) is 5.20. The summed E-state index contributed by atoms with van der Waals surface area (Å²) in [5.41, 5.74) is 0. The molecule has 4 fully saturated rings. The quantitative estimate of drug-likeness (QED) is 0.271. The molecule has 0 aromatic carbocycles. The van der Waals surface area contributed by atoms with Crippen LogP contribution in [0.25, 0.3) is 0 Å². The van der Waals surface area contributed by atoms with Gasteiger partial charge in [0.1, 0.15) is 0 Å². The Kier molecular flexibility index (Phi) is 22.8. The fourth-order valence-electron chi connectivity index (χ4n) is 5.20. The van der Waals surface area contributed by atoms with Crippen LogP contribution in [0.5, 0.6) is 0 Å². The molecule has 0 N–H and O–H groups in total. The van der Waals surface area contributed by atoms with Gasteiger partial charge >= 0.3 is 21.1 Å². The molecule has 25 heavy (non-hydrogen) atoms. The summed E-state index contributed by atoms with van der Waals surface area (Å²) < 4.78 is 0. The molecule has 0 amide bonds. The Labute approximate surface area is 216 Å². The third-order valence-electron chi connectivity index (χ3n) is 6.04. The van der Waals surface area contributed by atoms with E-state index in [9.17, 15) is 0 Å². The van der Waals surface area contributed by atoms with E-state index < -0.39 is 0 Å². The van der Waals surface area contributed by atoms with Gasteiger partial charge in [0.25, 0.3) is 0 Å². The smallest absolute Gasteiger partial charge is 0.335 e. The molecular weight excluding hydrogens is 988 g/mol. The summed E-state index contributed by atoms with van der Waals surface area (Å²) in [6.45, 7) is 8.73. The van der Waals surface area contributed by atoms with Gasteiger partial charge in [-0.1, -0.05) is 45.4 Å². The second-order valence-electron chi connectivity index (χ2n) is 8.55. The molecule has 146 valence electrons. The largest absolute Gasteiger partial charge is 2.00 e. The number of fused-ring (bicyclic) bond motifs is 4. The zero-order valence-corrected chi connectivity index (χ0v) is 28.3. The summed E-state index contributed by atoms with van der Waals surface area (Å²) >= 11 is 0. The van der Waals surface area contributed by atoms with Gasteiger partial charge in [-0.2, -0.15) is 26.2 Å². The van der Waals surface area contributed by atoms with E-state index in [1.54, 1.807) is 25.7 Å². The van der Waals surface area contributed by atoms with Crippen LogP contribution in [0.15, 0.2) is 0 Å². The summed E-state index contributed by atoms with van der Waals surface area (Å²) in [4.78, 5) is 0. The van der Waals surface area contributed by atoms with Crippen molar-refractivity contribution in [1.29, 1.82) is 0 Å². The van der Waals surface area contributed by atoms with Crippen molar-refractivity contribution < 1.29 is 84.3 Å². The maximum atomic E-state index is 2.51. The van der Waals surface area contributed by atoms with Gasteiger partial charge in [0, 0.05) is 63.2 Å². The maximum absolute atomic E-state index is 2.51. The van der Waals surface area contributed by atoms with Crippen LogP contribution in [0.3, 0.4) is 0 Å². The summed E-state index contributed by atoms with van der Waals surface area (Å²) in [5.74, 6) is 6.49. The van der Waals surface area contributed by atoms with Crippen molar-refractivity contribution in [3.63, 3.8) is 0 Å². The molecule has 0 radical (unpaired) electrons. The van der Waals surface area contributed by atoms with Crippen molar-refractivity contribution in [2.24, 2.45) is 35.5 Å². The van der Waals surface area contributed by atoms with E-state index in [2.05, 4.69) is 20.3 Å². The van der Waals surface area contributed by atoms with Crippen molar-refractivity contribution in [2.75, 3.05) is 0 Å². The minimum absolute atomic E-state index is 0. The summed E-state index contributed by atoms with van der Waals surface area (Å²) in [6.07, 6.45) is 18.3. The van der Waals surface area contributed by atoms with Crippen molar-refractivity contribution in [1.82, 2.24) is 0 Å². The number of hydrogen-bond donors (Lipinski definition) is 0. The molecule has 4 heteroatoms. The van der Waals surface area contributed by atoms with E-state index >= 15 is 0 Å². The van der Waals surface area contributed by atoms with Gasteiger partial charge in [-0.05, 0) is 49.4 Å². The molecule has 0 aromatic rings. The molecule has 0 aliphatic heterocycles. The normalized spacial score (nSPS) is 32.8. The molecule has 0 spiro atoms. The monoisotopic (exact) mass is 1030 g/mol. The molecule has 0 heterocycles. The molecule has 5 unspecified atom stereocenters. The van der Waals surface area contributed by atoms with Gasteiger partial charge in [0.2, 0.25) is 0 Å². The van der Waals surface area contributed by atoms with Crippen LogP contribution in [0.4, 0.5) is 0 Å². The standard InChI is InChI=1S/C11H20.C7H11.C3H7.4W/c1-8(2)5-11-7-9-3-4-10(11)6-9;1-2-7-4-3-6(1)5-7;1-3-2;;;;/h8-11H,3-7H2,1-2H3;1,6-7H,2-5H2;3H,1-2H3;;;;/q;2*-1;;;;+2. The predicted octanol–water partition coefficient (Wildman–Crippen LogP) is 6.70. The van der Waals surface area contributed by atoms with Crippen LogP contribution in [-0.2, 0) is 84.3 Å². The molecular formula is C21H38W4. The van der Waals surface area contributed by atoms with E-state index in [1.165, 1.54) is 32.1 Å². The van der Waals surface area contributed by atoms with E-state index in [1.807, 2.05) is 20.3 Å². The second-order valence-corrected chi connectivity index (χ2v) is 8.55. The average molecular weight is 1030 g/mol. The van der Waals surface area contributed by atoms with Crippen LogP contribution in [0.1, 0.15) is 85.5 Å². The molecule has 4 aliphatic carbocycles. The molecule has 0 aromatic heterocycles. The first kappa shape index (κ1) is 32.4. The summed E-state index contributed by atoms with van der Waals surface area (Å²) in [5, 5.41) is 0. The van der Waals surface area contributed by atoms with Crippen molar-refractivity contribution in [3.05, 3.63) is 12.8 Å². The van der Waals surface area contributed by atoms with Crippen molar-refractivity contribution in [2.45, 2.75) is 85.5 Å². The van der Waals surface area contributed by atoms with Crippen LogP contribution in [0.2, 0.25) is 0 Å². The minimum atomic E-state index is 0. The molecule has 4 bridgehead atoms. The van der Waals surface area contributed by atoms with E-state index in [0.29, 0.717) is 0 Å². The summed E-state index contributed by atoms with van der Waals surface area (Å²) in [6, 6.07) is 0. The molecule has 0 nitrogen and oxygen atoms in total. The predicted molar refractivity (Wildman–Crippen MR) is 93.8 cm³/mol. The van der Waals surface area contributed by atoms with Gasteiger partial charge in [-0.15, -0.1) is 0 Å². The molecule has 4 rings (SSSR count). The van der Waals surface area contributed by atoms with Gasteiger partial charge in [0.15, 0.2) is 0 Å². The Balaban J connectivity index is -0.000000306. The van der Waals surface area contributed by atoms with E-state index in [-0.39, 0.29) is 84.3 Å². The van der Waals surface area contributed by atoms with Gasteiger partial charge in [-0.3, -0.25) is 0 Å². The first-order valence-electron chi connectivity index (χ1n) is 9.69. The first-order chi connectivity index (χ1) is 10.1. The SMILES string of the molecule is CC(C)CC1CC2CCC1C2.C[CH-]C.[CH-]1CC2CCC1C2.[W+2].[W].[W].[W]. The van der Waals surface area contributed by atoms with Crippen LogP contribution in [-0.4, -0.2) is 0 Å². The average Bonchev–Trinajstić information content (AvgIpc) is 3.22. The Morgan fingerprint density at radius 3 is 1.72 bits per heavy atom. The fraction of sp³-hybridized carbons (Fsp3) is 0.905. The zero-order chi connectivity index (χ0) is 15.2. The minimum Gasteiger partial charge on any atom is -0.335 e. The molecule has 4 aliphatic rings. The van der Waals surface area contributed by atoms with Crippen molar-refractivity contribution >= 4 is 0 Å². The number of rotatable bonds is 2.